The second kappa shape index (κ2) is 6.91. The Labute approximate surface area is 129 Å². The number of carbonyl (C=O) groups is 2. The first-order valence-corrected chi connectivity index (χ1v) is 7.36. The van der Waals surface area contributed by atoms with Crippen LogP contribution in [-0.2, 0) is 9.59 Å². The lowest BCUT2D eigenvalue weighted by Crippen LogP contribution is -2.50. The van der Waals surface area contributed by atoms with Gasteiger partial charge < -0.3 is 15.5 Å². The maximum absolute atomic E-state index is 12.2. The molecule has 1 aromatic carbocycles. The Morgan fingerprint density at radius 1 is 1.48 bits per heavy atom. The number of hydrogen-bond acceptors (Lipinski definition) is 3. The van der Waals surface area contributed by atoms with Crippen molar-refractivity contribution in [3.05, 3.63) is 29.3 Å². The smallest absolute Gasteiger partial charge is 0.243 e. The molecule has 114 valence electrons. The molecular formula is C15H20ClN3O2. The van der Waals surface area contributed by atoms with Gasteiger partial charge >= 0.3 is 0 Å². The number of nitrogens with zero attached hydrogens (tertiary/aromatic N) is 1. The highest BCUT2D eigenvalue weighted by atomic mass is 35.5. The highest BCUT2D eigenvalue weighted by molar-refractivity contribution is 6.30. The number of likely N-dealkylation sites (N-methyl/N-ethyl adjacent to an activating group) is 1. The highest BCUT2D eigenvalue weighted by Gasteiger charge is 2.30. The minimum atomic E-state index is -0.230. The summed E-state index contributed by atoms with van der Waals surface area (Å²) in [6, 6.07) is 6.93. The summed E-state index contributed by atoms with van der Waals surface area (Å²) in [5, 5.41) is 6.45. The van der Waals surface area contributed by atoms with Crippen molar-refractivity contribution in [2.75, 3.05) is 32.0 Å². The van der Waals surface area contributed by atoms with E-state index in [1.807, 2.05) is 6.92 Å². The number of halogens is 1. The topological polar surface area (TPSA) is 61.4 Å². The monoisotopic (exact) mass is 309 g/mol. The molecule has 2 N–H and O–H groups in total. The van der Waals surface area contributed by atoms with Crippen molar-refractivity contribution in [3.63, 3.8) is 0 Å². The number of carbonyl (C=O) groups excluding carboxylic acids is 2. The van der Waals surface area contributed by atoms with E-state index in [0.29, 0.717) is 16.6 Å². The molecule has 0 radical (unpaired) electrons. The molecule has 1 aliphatic heterocycles. The van der Waals surface area contributed by atoms with Crippen molar-refractivity contribution in [1.29, 1.82) is 0 Å². The lowest BCUT2D eigenvalue weighted by molar-refractivity contribution is -0.138. The fourth-order valence-corrected chi connectivity index (χ4v) is 2.46. The molecule has 1 aliphatic rings. The van der Waals surface area contributed by atoms with Crippen LogP contribution >= 0.6 is 11.6 Å². The van der Waals surface area contributed by atoms with Crippen LogP contribution in [0.5, 0.6) is 0 Å². The summed E-state index contributed by atoms with van der Waals surface area (Å²) in [4.78, 5) is 25.6. The first-order chi connectivity index (χ1) is 9.97. The summed E-state index contributed by atoms with van der Waals surface area (Å²) in [5.74, 6) is 0.0842. The molecule has 1 atom stereocenters. The predicted octanol–water partition coefficient (Wildman–Crippen LogP) is 1.59. The first-order valence-electron chi connectivity index (χ1n) is 6.98. The Bertz CT molecular complexity index is 531. The molecule has 0 bridgehead atoms. The zero-order chi connectivity index (χ0) is 15.4. The second-order valence-corrected chi connectivity index (χ2v) is 5.90. The standard InChI is InChI=1S/C15H20ClN3O2/c1-10(11-7-17-8-11)15(21)19(2)9-14(20)18-13-5-3-4-12(16)6-13/h3-6,10-11,17H,7-9H2,1-2H3,(H,18,20). The zero-order valence-corrected chi connectivity index (χ0v) is 13.0. The summed E-state index contributed by atoms with van der Waals surface area (Å²) < 4.78 is 0. The van der Waals surface area contributed by atoms with Crippen molar-refractivity contribution in [1.82, 2.24) is 10.2 Å². The van der Waals surface area contributed by atoms with Gasteiger partial charge in [-0.25, -0.2) is 0 Å². The van der Waals surface area contributed by atoms with Gasteiger partial charge in [-0.3, -0.25) is 9.59 Å². The molecule has 1 heterocycles. The fraction of sp³-hybridized carbons (Fsp3) is 0.467. The molecule has 1 fully saturated rings. The maximum atomic E-state index is 12.2. The van der Waals surface area contributed by atoms with Crippen LogP contribution in [0.25, 0.3) is 0 Å². The normalized spacial score (nSPS) is 16.0. The van der Waals surface area contributed by atoms with E-state index in [0.717, 1.165) is 13.1 Å². The summed E-state index contributed by atoms with van der Waals surface area (Å²) in [7, 11) is 1.66. The number of benzene rings is 1. The molecule has 1 saturated heterocycles. The average Bonchev–Trinajstić information content (AvgIpc) is 2.35. The van der Waals surface area contributed by atoms with Crippen LogP contribution < -0.4 is 10.6 Å². The van der Waals surface area contributed by atoms with E-state index in [1.165, 1.54) is 4.90 Å². The third-order valence-corrected chi connectivity index (χ3v) is 4.01. The van der Waals surface area contributed by atoms with Gasteiger partial charge in [0.1, 0.15) is 0 Å². The van der Waals surface area contributed by atoms with Crippen molar-refractivity contribution in [2.24, 2.45) is 11.8 Å². The molecule has 21 heavy (non-hydrogen) atoms. The summed E-state index contributed by atoms with van der Waals surface area (Å²) in [5.41, 5.74) is 0.629. The molecular weight excluding hydrogens is 290 g/mol. The SMILES string of the molecule is CC(C(=O)N(C)CC(=O)Nc1cccc(Cl)c1)C1CNC1. The Balaban J connectivity index is 1.85. The molecule has 2 rings (SSSR count). The van der Waals surface area contributed by atoms with Gasteiger partial charge in [0.15, 0.2) is 0 Å². The number of rotatable bonds is 5. The van der Waals surface area contributed by atoms with Crippen LogP contribution in [0.15, 0.2) is 24.3 Å². The Morgan fingerprint density at radius 3 is 2.76 bits per heavy atom. The third-order valence-electron chi connectivity index (χ3n) is 3.78. The third kappa shape index (κ3) is 4.19. The van der Waals surface area contributed by atoms with Gasteiger partial charge in [-0.1, -0.05) is 24.6 Å². The minimum Gasteiger partial charge on any atom is -0.336 e. The van der Waals surface area contributed by atoms with Crippen LogP contribution in [0.1, 0.15) is 6.92 Å². The molecule has 6 heteroatoms. The molecule has 2 amide bonds. The Morgan fingerprint density at radius 2 is 2.19 bits per heavy atom. The van der Waals surface area contributed by atoms with Gasteiger partial charge in [-0.15, -0.1) is 0 Å². The quantitative estimate of drug-likeness (QED) is 0.868. The second-order valence-electron chi connectivity index (χ2n) is 5.46. The van der Waals surface area contributed by atoms with Crippen molar-refractivity contribution in [3.8, 4) is 0 Å². The molecule has 5 nitrogen and oxygen atoms in total. The van der Waals surface area contributed by atoms with Gasteiger partial charge in [0, 0.05) is 23.7 Å². The summed E-state index contributed by atoms with van der Waals surface area (Å²) in [6.45, 7) is 3.69. The maximum Gasteiger partial charge on any atom is 0.243 e. The number of hydrogen-bond donors (Lipinski definition) is 2. The molecule has 0 spiro atoms. The van der Waals surface area contributed by atoms with Crippen LogP contribution in [-0.4, -0.2) is 43.4 Å². The molecule has 0 aromatic heterocycles. The van der Waals surface area contributed by atoms with Crippen molar-refractivity contribution < 1.29 is 9.59 Å². The molecule has 0 aliphatic carbocycles. The van der Waals surface area contributed by atoms with E-state index in [-0.39, 0.29) is 24.3 Å². The number of amides is 2. The summed E-state index contributed by atoms with van der Waals surface area (Å²) >= 11 is 5.86. The lowest BCUT2D eigenvalue weighted by Gasteiger charge is -2.33. The lowest BCUT2D eigenvalue weighted by atomic mass is 9.88. The van der Waals surface area contributed by atoms with Gasteiger partial charge in [-0.05, 0) is 37.2 Å². The average molecular weight is 310 g/mol. The van der Waals surface area contributed by atoms with Crippen LogP contribution in [0.3, 0.4) is 0 Å². The molecule has 1 aromatic rings. The van der Waals surface area contributed by atoms with E-state index in [9.17, 15) is 9.59 Å². The predicted molar refractivity (Wildman–Crippen MR) is 83.2 cm³/mol. The van der Waals surface area contributed by atoms with Crippen LogP contribution in [0, 0.1) is 11.8 Å². The van der Waals surface area contributed by atoms with Crippen LogP contribution in [0.4, 0.5) is 5.69 Å². The summed E-state index contributed by atoms with van der Waals surface area (Å²) in [6.07, 6.45) is 0. The Kier molecular flexibility index (Phi) is 5.20. The van der Waals surface area contributed by atoms with E-state index in [1.54, 1.807) is 31.3 Å². The van der Waals surface area contributed by atoms with E-state index < -0.39 is 0 Å². The van der Waals surface area contributed by atoms with Gasteiger partial charge in [0.05, 0.1) is 6.54 Å². The van der Waals surface area contributed by atoms with E-state index in [2.05, 4.69) is 10.6 Å². The molecule has 0 saturated carbocycles. The van der Waals surface area contributed by atoms with Gasteiger partial charge in [-0.2, -0.15) is 0 Å². The largest absolute Gasteiger partial charge is 0.336 e. The Hall–Kier alpha value is -1.59. The molecule has 1 unspecified atom stereocenters. The van der Waals surface area contributed by atoms with Crippen molar-refractivity contribution >= 4 is 29.1 Å². The van der Waals surface area contributed by atoms with Crippen LogP contribution in [0.2, 0.25) is 5.02 Å². The van der Waals surface area contributed by atoms with Gasteiger partial charge in [0.2, 0.25) is 11.8 Å². The fourth-order valence-electron chi connectivity index (χ4n) is 2.27. The first kappa shape index (κ1) is 15.8. The highest BCUT2D eigenvalue weighted by Crippen LogP contribution is 2.18. The van der Waals surface area contributed by atoms with Crippen molar-refractivity contribution in [2.45, 2.75) is 6.92 Å². The number of nitrogens with one attached hydrogen (secondary N) is 2. The zero-order valence-electron chi connectivity index (χ0n) is 12.2. The van der Waals surface area contributed by atoms with E-state index >= 15 is 0 Å². The van der Waals surface area contributed by atoms with Gasteiger partial charge in [0.25, 0.3) is 0 Å². The van der Waals surface area contributed by atoms with E-state index in [4.69, 9.17) is 11.6 Å². The minimum absolute atomic E-state index is 0.00254. The number of anilines is 1.